The van der Waals surface area contributed by atoms with Crippen LogP contribution >= 0.6 is 15.9 Å². The molecule has 3 aliphatic heterocycles. The summed E-state index contributed by atoms with van der Waals surface area (Å²) in [5.41, 5.74) is 0.363. The topological polar surface area (TPSA) is 55.8 Å². The summed E-state index contributed by atoms with van der Waals surface area (Å²) < 4.78 is 12.3. The van der Waals surface area contributed by atoms with E-state index >= 15 is 0 Å². The van der Waals surface area contributed by atoms with E-state index in [9.17, 15) is 9.59 Å². The van der Waals surface area contributed by atoms with Crippen molar-refractivity contribution in [3.63, 3.8) is 0 Å². The predicted octanol–water partition coefficient (Wildman–Crippen LogP) is 2.86. The van der Waals surface area contributed by atoms with Crippen molar-refractivity contribution in [2.45, 2.75) is 31.6 Å². The third-order valence-corrected chi connectivity index (χ3v) is 6.04. The molecule has 0 aliphatic carbocycles. The highest BCUT2D eigenvalue weighted by molar-refractivity contribution is 9.10. The van der Waals surface area contributed by atoms with Crippen molar-refractivity contribution >= 4 is 27.8 Å². The molecule has 0 N–H and O–H groups in total. The molecule has 1 aromatic rings. The van der Waals surface area contributed by atoms with E-state index in [2.05, 4.69) is 15.9 Å². The van der Waals surface area contributed by atoms with Crippen molar-refractivity contribution in [3.05, 3.63) is 46.5 Å². The van der Waals surface area contributed by atoms with Crippen molar-refractivity contribution < 1.29 is 19.1 Å². The molecule has 5 atom stereocenters. The van der Waals surface area contributed by atoms with Crippen LogP contribution in [-0.2, 0) is 19.1 Å². The molecule has 1 amide bonds. The van der Waals surface area contributed by atoms with E-state index in [-0.39, 0.29) is 24.0 Å². The first-order valence-electron chi connectivity index (χ1n) is 8.56. The third-order valence-electron chi connectivity index (χ3n) is 5.51. The molecule has 0 radical (unpaired) electrons. The van der Waals surface area contributed by atoms with Gasteiger partial charge in [-0.15, -0.1) is 0 Å². The number of ether oxygens (including phenoxy) is 2. The fraction of sp³-hybridized carbons (Fsp3) is 0.474. The maximum atomic E-state index is 13.2. The Labute approximate surface area is 155 Å². The van der Waals surface area contributed by atoms with Crippen molar-refractivity contribution in [2.24, 2.45) is 11.8 Å². The van der Waals surface area contributed by atoms with Crippen LogP contribution in [0.15, 0.2) is 40.9 Å². The zero-order valence-corrected chi connectivity index (χ0v) is 15.7. The zero-order chi connectivity index (χ0) is 17.8. The molecule has 0 saturated carbocycles. The van der Waals surface area contributed by atoms with E-state index in [1.807, 2.05) is 48.2 Å². The minimum Gasteiger partial charge on any atom is -0.466 e. The molecule has 132 valence electrons. The van der Waals surface area contributed by atoms with Gasteiger partial charge in [0.1, 0.15) is 11.5 Å². The van der Waals surface area contributed by atoms with Gasteiger partial charge in [0, 0.05) is 4.47 Å². The summed E-state index contributed by atoms with van der Waals surface area (Å²) >= 11 is 3.43. The fourth-order valence-electron chi connectivity index (χ4n) is 4.28. The molecule has 1 aromatic carbocycles. The second kappa shape index (κ2) is 5.95. The molecule has 5 nitrogen and oxygen atoms in total. The Morgan fingerprint density at radius 2 is 2.16 bits per heavy atom. The maximum absolute atomic E-state index is 13.2. The monoisotopic (exact) mass is 405 g/mol. The smallest absolute Gasteiger partial charge is 0.312 e. The van der Waals surface area contributed by atoms with Gasteiger partial charge in [0.05, 0.1) is 31.2 Å². The number of likely N-dealkylation sites (tertiary alicyclic amines) is 1. The number of carbonyl (C=O) groups excluding carboxylic acids is 2. The highest BCUT2D eigenvalue weighted by Gasteiger charge is 2.67. The van der Waals surface area contributed by atoms with Crippen molar-refractivity contribution in [3.8, 4) is 0 Å². The van der Waals surface area contributed by atoms with Crippen LogP contribution in [-0.4, -0.2) is 41.6 Å². The van der Waals surface area contributed by atoms with E-state index in [1.165, 1.54) is 0 Å². The van der Waals surface area contributed by atoms with E-state index in [4.69, 9.17) is 9.47 Å². The number of rotatable bonds is 4. The van der Waals surface area contributed by atoms with Crippen LogP contribution in [0.25, 0.3) is 0 Å². The van der Waals surface area contributed by atoms with Gasteiger partial charge >= 0.3 is 5.97 Å². The van der Waals surface area contributed by atoms with Crippen LogP contribution in [0.4, 0.5) is 0 Å². The summed E-state index contributed by atoms with van der Waals surface area (Å²) in [4.78, 5) is 27.4. The van der Waals surface area contributed by atoms with Crippen molar-refractivity contribution in [2.75, 3.05) is 13.2 Å². The van der Waals surface area contributed by atoms with E-state index < -0.39 is 17.4 Å². The summed E-state index contributed by atoms with van der Waals surface area (Å²) in [6.07, 6.45) is 3.52. The minimum absolute atomic E-state index is 0.0275. The molecule has 25 heavy (non-hydrogen) atoms. The Hall–Kier alpha value is -1.66. The average Bonchev–Trinajstić information content (AvgIpc) is 3.23. The Kier molecular flexibility index (Phi) is 4.00. The first kappa shape index (κ1) is 16.8. The van der Waals surface area contributed by atoms with Gasteiger partial charge in [-0.2, -0.15) is 0 Å². The van der Waals surface area contributed by atoms with Gasteiger partial charge in [0.25, 0.3) is 0 Å². The van der Waals surface area contributed by atoms with Crippen LogP contribution in [0, 0.1) is 11.8 Å². The number of amides is 1. The van der Waals surface area contributed by atoms with Crippen LogP contribution in [0.3, 0.4) is 0 Å². The number of nitrogens with zero attached hydrogens (tertiary/aromatic N) is 1. The Balaban J connectivity index is 1.63. The lowest BCUT2D eigenvalue weighted by Gasteiger charge is -2.27. The first-order valence-corrected chi connectivity index (χ1v) is 9.36. The van der Waals surface area contributed by atoms with E-state index in [0.717, 1.165) is 10.0 Å². The standard InChI is InChI=1S/C19H20BrNO4/c1-3-24-18(23)15-14-8-9-19(25-14)10-21(17(22)16(15)19)11(2)12-4-6-13(20)7-5-12/h4-9,11,14-16H,3,10H2,1-2H3/t11-,14-,15-,16+,19-/m1/s1. The quantitative estimate of drug-likeness (QED) is 0.570. The van der Waals surface area contributed by atoms with Gasteiger partial charge in [0.2, 0.25) is 5.91 Å². The van der Waals surface area contributed by atoms with Crippen LogP contribution in [0.5, 0.6) is 0 Å². The molecule has 4 rings (SSSR count). The summed E-state index contributed by atoms with van der Waals surface area (Å²) in [6.45, 7) is 4.56. The molecule has 1 spiro atoms. The third kappa shape index (κ3) is 2.46. The molecular formula is C19H20BrNO4. The molecule has 3 aliphatic rings. The highest BCUT2D eigenvalue weighted by Crippen LogP contribution is 2.53. The molecule has 2 saturated heterocycles. The van der Waals surface area contributed by atoms with Gasteiger partial charge in [-0.3, -0.25) is 9.59 Å². The van der Waals surface area contributed by atoms with Gasteiger partial charge < -0.3 is 14.4 Å². The SMILES string of the molecule is CCOC(=O)[C@H]1[C@H]2C(=O)N([C@H](C)c3ccc(Br)cc3)C[C@]23C=C[C@H]1O3. The average molecular weight is 406 g/mol. The molecule has 6 heteroatoms. The fourth-order valence-corrected chi connectivity index (χ4v) is 4.55. The number of hydrogen-bond acceptors (Lipinski definition) is 4. The Morgan fingerprint density at radius 1 is 1.44 bits per heavy atom. The summed E-state index contributed by atoms with van der Waals surface area (Å²) in [7, 11) is 0. The number of fused-ring (bicyclic) bond motifs is 1. The van der Waals surface area contributed by atoms with Crippen molar-refractivity contribution in [1.29, 1.82) is 0 Å². The summed E-state index contributed by atoms with van der Waals surface area (Å²) in [6, 6.07) is 7.86. The number of carbonyl (C=O) groups is 2. The normalized spacial score (nSPS) is 33.6. The number of benzene rings is 1. The second-order valence-corrected chi connectivity index (χ2v) is 7.76. The molecular weight excluding hydrogens is 386 g/mol. The summed E-state index contributed by atoms with van der Waals surface area (Å²) in [5.74, 6) is -1.39. The molecule has 0 unspecified atom stereocenters. The van der Waals surface area contributed by atoms with Gasteiger partial charge in [-0.1, -0.05) is 40.2 Å². The zero-order valence-electron chi connectivity index (χ0n) is 14.1. The van der Waals surface area contributed by atoms with Gasteiger partial charge in [-0.05, 0) is 31.5 Å². The second-order valence-electron chi connectivity index (χ2n) is 6.85. The van der Waals surface area contributed by atoms with Crippen molar-refractivity contribution in [1.82, 2.24) is 4.90 Å². The first-order chi connectivity index (χ1) is 12.0. The van der Waals surface area contributed by atoms with Gasteiger partial charge in [0.15, 0.2) is 0 Å². The maximum Gasteiger partial charge on any atom is 0.312 e. The number of hydrogen-bond donors (Lipinski definition) is 0. The molecule has 2 bridgehead atoms. The van der Waals surface area contributed by atoms with Crippen LogP contribution in [0.2, 0.25) is 0 Å². The Bertz CT molecular complexity index is 746. The number of esters is 1. The lowest BCUT2D eigenvalue weighted by Crippen LogP contribution is -2.40. The molecule has 3 heterocycles. The largest absolute Gasteiger partial charge is 0.466 e. The highest BCUT2D eigenvalue weighted by atomic mass is 79.9. The minimum atomic E-state index is -0.692. The van der Waals surface area contributed by atoms with Gasteiger partial charge in [-0.25, -0.2) is 0 Å². The summed E-state index contributed by atoms with van der Waals surface area (Å²) in [5, 5.41) is 0. The number of halogens is 1. The van der Waals surface area contributed by atoms with E-state index in [1.54, 1.807) is 6.92 Å². The van der Waals surface area contributed by atoms with E-state index in [0.29, 0.717) is 13.2 Å². The Morgan fingerprint density at radius 3 is 2.84 bits per heavy atom. The molecule has 2 fully saturated rings. The predicted molar refractivity (Wildman–Crippen MR) is 94.6 cm³/mol. The van der Waals surface area contributed by atoms with Crippen LogP contribution < -0.4 is 0 Å². The molecule has 0 aromatic heterocycles. The van der Waals surface area contributed by atoms with Crippen LogP contribution in [0.1, 0.15) is 25.5 Å². The lowest BCUT2D eigenvalue weighted by molar-refractivity contribution is -0.153. The lowest BCUT2D eigenvalue weighted by atomic mass is 9.77.